The van der Waals surface area contributed by atoms with Gasteiger partial charge in [0.2, 0.25) is 5.91 Å². The fourth-order valence-electron chi connectivity index (χ4n) is 3.31. The van der Waals surface area contributed by atoms with E-state index < -0.39 is 0 Å². The monoisotopic (exact) mass is 337 g/mol. The van der Waals surface area contributed by atoms with E-state index in [1.54, 1.807) is 9.13 Å². The number of amides is 1. The number of nitrogens with zero attached hydrogens (tertiary/aromatic N) is 2. The number of carbonyl (C=O) groups excluding carboxylic acids is 1. The molecular weight excluding hydrogens is 314 g/mol. The summed E-state index contributed by atoms with van der Waals surface area (Å²) in [6.45, 7) is 6.50. The lowest BCUT2D eigenvalue weighted by atomic mass is 10.0. The normalized spacial score (nSPS) is 12.3. The maximum atomic E-state index is 12.6. The van der Waals surface area contributed by atoms with Gasteiger partial charge in [-0.2, -0.15) is 0 Å². The van der Waals surface area contributed by atoms with Gasteiger partial charge in [-0.05, 0) is 44.0 Å². The SMILES string of the molecule is CCn1c(=O)n(CC(=O)N[C@@H](C)c2ccccc2C)c2ccccc21. The summed E-state index contributed by atoms with van der Waals surface area (Å²) >= 11 is 0. The summed E-state index contributed by atoms with van der Waals surface area (Å²) in [7, 11) is 0. The fraction of sp³-hybridized carbons (Fsp3) is 0.300. The second-order valence-corrected chi connectivity index (χ2v) is 6.25. The lowest BCUT2D eigenvalue weighted by molar-refractivity contribution is -0.122. The number of hydrogen-bond acceptors (Lipinski definition) is 2. The summed E-state index contributed by atoms with van der Waals surface area (Å²) in [4.78, 5) is 25.1. The van der Waals surface area contributed by atoms with Gasteiger partial charge in [0.1, 0.15) is 6.54 Å². The highest BCUT2D eigenvalue weighted by Gasteiger charge is 2.16. The molecule has 1 N–H and O–H groups in total. The number of hydrogen-bond donors (Lipinski definition) is 1. The van der Waals surface area contributed by atoms with E-state index in [2.05, 4.69) is 5.32 Å². The lowest BCUT2D eigenvalue weighted by Gasteiger charge is -2.16. The van der Waals surface area contributed by atoms with Crippen molar-refractivity contribution in [3.05, 3.63) is 70.1 Å². The summed E-state index contributed by atoms with van der Waals surface area (Å²) < 4.78 is 3.23. The van der Waals surface area contributed by atoms with Gasteiger partial charge in [0.05, 0.1) is 17.1 Å². The molecule has 0 radical (unpaired) electrons. The van der Waals surface area contributed by atoms with Crippen LogP contribution in [0.1, 0.15) is 31.0 Å². The van der Waals surface area contributed by atoms with Gasteiger partial charge in [-0.1, -0.05) is 36.4 Å². The summed E-state index contributed by atoms with van der Waals surface area (Å²) in [5.41, 5.74) is 3.71. The number of rotatable bonds is 5. The van der Waals surface area contributed by atoms with Crippen molar-refractivity contribution in [1.82, 2.24) is 14.5 Å². The van der Waals surface area contributed by atoms with Crippen LogP contribution in [-0.2, 0) is 17.9 Å². The number of benzene rings is 2. The Morgan fingerprint density at radius 3 is 2.28 bits per heavy atom. The summed E-state index contributed by atoms with van der Waals surface area (Å²) in [5, 5.41) is 3.00. The smallest absolute Gasteiger partial charge is 0.329 e. The van der Waals surface area contributed by atoms with Crippen LogP contribution in [0.2, 0.25) is 0 Å². The zero-order valence-electron chi connectivity index (χ0n) is 14.8. The Bertz CT molecular complexity index is 968. The zero-order chi connectivity index (χ0) is 18.0. The second-order valence-electron chi connectivity index (χ2n) is 6.25. The standard InChI is InChI=1S/C20H23N3O2/c1-4-22-17-11-7-8-12-18(17)23(20(22)25)13-19(24)21-15(3)16-10-6-5-9-14(16)2/h5-12,15H,4,13H2,1-3H3,(H,21,24)/t15-/m0/s1. The average Bonchev–Trinajstić information content (AvgIpc) is 2.86. The highest BCUT2D eigenvalue weighted by atomic mass is 16.2. The Labute approximate surface area is 146 Å². The molecule has 1 atom stereocenters. The van der Waals surface area contributed by atoms with E-state index in [9.17, 15) is 9.59 Å². The molecule has 1 heterocycles. The molecule has 3 aromatic rings. The van der Waals surface area contributed by atoms with E-state index in [1.807, 2.05) is 69.3 Å². The van der Waals surface area contributed by atoms with Gasteiger partial charge in [-0.3, -0.25) is 13.9 Å². The topological polar surface area (TPSA) is 56.0 Å². The van der Waals surface area contributed by atoms with E-state index >= 15 is 0 Å². The number of imidazole rings is 1. The van der Waals surface area contributed by atoms with Crippen LogP contribution in [-0.4, -0.2) is 15.0 Å². The second kappa shape index (κ2) is 6.97. The van der Waals surface area contributed by atoms with Gasteiger partial charge in [-0.15, -0.1) is 0 Å². The molecular formula is C20H23N3O2. The zero-order valence-corrected chi connectivity index (χ0v) is 14.8. The maximum Gasteiger partial charge on any atom is 0.329 e. The van der Waals surface area contributed by atoms with E-state index in [4.69, 9.17) is 0 Å². The largest absolute Gasteiger partial charge is 0.348 e. The molecule has 130 valence electrons. The molecule has 3 rings (SSSR count). The molecule has 1 amide bonds. The van der Waals surface area contributed by atoms with Crippen LogP contribution in [0, 0.1) is 6.92 Å². The molecule has 25 heavy (non-hydrogen) atoms. The molecule has 5 heteroatoms. The number of carbonyl (C=O) groups is 1. The third kappa shape index (κ3) is 3.22. The first kappa shape index (κ1) is 17.0. The van der Waals surface area contributed by atoms with E-state index in [0.29, 0.717) is 6.54 Å². The molecule has 1 aromatic heterocycles. The van der Waals surface area contributed by atoms with Gasteiger partial charge in [0.25, 0.3) is 0 Å². The molecule has 0 aliphatic heterocycles. The molecule has 5 nitrogen and oxygen atoms in total. The summed E-state index contributed by atoms with van der Waals surface area (Å²) in [6, 6.07) is 15.4. The Morgan fingerprint density at radius 2 is 1.64 bits per heavy atom. The van der Waals surface area contributed by atoms with Crippen LogP contribution < -0.4 is 11.0 Å². The fourth-order valence-corrected chi connectivity index (χ4v) is 3.31. The maximum absolute atomic E-state index is 12.6. The van der Waals surface area contributed by atoms with E-state index in [1.165, 1.54) is 0 Å². The number of nitrogens with one attached hydrogen (secondary N) is 1. The molecule has 2 aromatic carbocycles. The van der Waals surface area contributed by atoms with Crippen LogP contribution in [0.5, 0.6) is 0 Å². The molecule has 0 saturated carbocycles. The Hall–Kier alpha value is -2.82. The first-order chi connectivity index (χ1) is 12.0. The molecule has 0 aliphatic carbocycles. The van der Waals surface area contributed by atoms with Crippen molar-refractivity contribution in [2.75, 3.05) is 0 Å². The third-order valence-corrected chi connectivity index (χ3v) is 4.58. The Kier molecular flexibility index (Phi) is 4.74. The number of aromatic nitrogens is 2. The van der Waals surface area contributed by atoms with Gasteiger partial charge in [-0.25, -0.2) is 4.79 Å². The predicted molar refractivity (Wildman–Crippen MR) is 99.6 cm³/mol. The summed E-state index contributed by atoms with van der Waals surface area (Å²) in [5.74, 6) is -0.170. The van der Waals surface area contributed by atoms with Crippen molar-refractivity contribution in [2.24, 2.45) is 0 Å². The van der Waals surface area contributed by atoms with Crippen LogP contribution >= 0.6 is 0 Å². The quantitative estimate of drug-likeness (QED) is 0.778. The first-order valence-corrected chi connectivity index (χ1v) is 8.56. The first-order valence-electron chi connectivity index (χ1n) is 8.56. The van der Waals surface area contributed by atoms with Crippen LogP contribution in [0.25, 0.3) is 11.0 Å². The number of aryl methyl sites for hydroxylation is 2. The van der Waals surface area contributed by atoms with Crippen molar-refractivity contribution in [3.63, 3.8) is 0 Å². The number of fused-ring (bicyclic) bond motifs is 1. The van der Waals surface area contributed by atoms with Crippen LogP contribution in [0.3, 0.4) is 0 Å². The summed E-state index contributed by atoms with van der Waals surface area (Å²) in [6.07, 6.45) is 0. The molecule has 0 fully saturated rings. The Morgan fingerprint density at radius 1 is 1.04 bits per heavy atom. The van der Waals surface area contributed by atoms with Gasteiger partial charge >= 0.3 is 5.69 Å². The van der Waals surface area contributed by atoms with Gasteiger partial charge < -0.3 is 5.32 Å². The predicted octanol–water partition coefficient (Wildman–Crippen LogP) is 3.01. The van der Waals surface area contributed by atoms with Crippen molar-refractivity contribution in [2.45, 2.75) is 39.9 Å². The molecule has 0 aliphatic rings. The van der Waals surface area contributed by atoms with Crippen LogP contribution in [0.4, 0.5) is 0 Å². The minimum Gasteiger partial charge on any atom is -0.348 e. The highest BCUT2D eigenvalue weighted by molar-refractivity contribution is 5.81. The van der Waals surface area contributed by atoms with Gasteiger partial charge in [0.15, 0.2) is 0 Å². The lowest BCUT2D eigenvalue weighted by Crippen LogP contribution is -2.34. The Balaban J connectivity index is 1.85. The number of para-hydroxylation sites is 2. The van der Waals surface area contributed by atoms with Crippen molar-refractivity contribution >= 4 is 16.9 Å². The highest BCUT2D eigenvalue weighted by Crippen LogP contribution is 2.17. The molecule has 0 saturated heterocycles. The van der Waals surface area contributed by atoms with E-state index in [-0.39, 0.29) is 24.2 Å². The van der Waals surface area contributed by atoms with Crippen molar-refractivity contribution in [1.29, 1.82) is 0 Å². The van der Waals surface area contributed by atoms with Gasteiger partial charge in [0, 0.05) is 6.54 Å². The molecule has 0 unspecified atom stereocenters. The van der Waals surface area contributed by atoms with Crippen molar-refractivity contribution < 1.29 is 4.79 Å². The molecule has 0 spiro atoms. The van der Waals surface area contributed by atoms with Crippen molar-refractivity contribution in [3.8, 4) is 0 Å². The van der Waals surface area contributed by atoms with E-state index in [0.717, 1.165) is 22.2 Å². The average molecular weight is 337 g/mol. The third-order valence-electron chi connectivity index (χ3n) is 4.58. The minimum atomic E-state index is -0.170. The minimum absolute atomic E-state index is 0.0164. The molecule has 0 bridgehead atoms. The van der Waals surface area contributed by atoms with Crippen LogP contribution in [0.15, 0.2) is 53.3 Å².